The second kappa shape index (κ2) is 8.35. The van der Waals surface area contributed by atoms with Crippen LogP contribution in [0.15, 0.2) is 41.6 Å². The summed E-state index contributed by atoms with van der Waals surface area (Å²) in [6.07, 6.45) is 4.96. The molecule has 3 aromatic heterocycles. The molecule has 0 atom stereocenters. The van der Waals surface area contributed by atoms with Gasteiger partial charge in [-0.25, -0.2) is 8.42 Å². The van der Waals surface area contributed by atoms with Gasteiger partial charge in [0.2, 0.25) is 10.0 Å². The normalized spacial score (nSPS) is 16.3. The lowest BCUT2D eigenvalue weighted by Gasteiger charge is -2.31. The van der Waals surface area contributed by atoms with Crippen LogP contribution in [-0.2, 0) is 21.4 Å². The predicted molar refractivity (Wildman–Crippen MR) is 112 cm³/mol. The van der Waals surface area contributed by atoms with Crippen LogP contribution in [0.1, 0.15) is 29.0 Å². The van der Waals surface area contributed by atoms with Crippen LogP contribution in [0.25, 0.3) is 10.6 Å². The molecule has 29 heavy (non-hydrogen) atoms. The van der Waals surface area contributed by atoms with Gasteiger partial charge < -0.3 is 4.74 Å². The average Bonchev–Trinajstić information content (AvgIpc) is 3.33. The number of rotatable bonds is 6. The highest BCUT2D eigenvalue weighted by Crippen LogP contribution is 2.35. The zero-order chi connectivity index (χ0) is 20.4. The van der Waals surface area contributed by atoms with Crippen LogP contribution >= 0.6 is 11.3 Å². The molecule has 0 aromatic carbocycles. The molecule has 0 spiro atoms. The van der Waals surface area contributed by atoms with E-state index in [9.17, 15) is 8.42 Å². The summed E-state index contributed by atoms with van der Waals surface area (Å²) in [4.78, 5) is 6.12. The third-order valence-corrected chi connectivity index (χ3v) is 8.28. The van der Waals surface area contributed by atoms with E-state index in [4.69, 9.17) is 4.74 Å². The smallest absolute Gasteiger partial charge is 0.244 e. The number of nitrogens with one attached hydrogen (secondary N) is 1. The van der Waals surface area contributed by atoms with E-state index in [0.29, 0.717) is 37.4 Å². The molecule has 0 bridgehead atoms. The fourth-order valence-corrected chi connectivity index (χ4v) is 6.46. The van der Waals surface area contributed by atoms with E-state index < -0.39 is 10.0 Å². The van der Waals surface area contributed by atoms with E-state index >= 15 is 0 Å². The maximum Gasteiger partial charge on any atom is 0.244 e. The molecule has 0 amide bonds. The van der Waals surface area contributed by atoms with Crippen LogP contribution in [0.4, 0.5) is 0 Å². The van der Waals surface area contributed by atoms with Gasteiger partial charge in [-0.05, 0) is 50.5 Å². The van der Waals surface area contributed by atoms with E-state index in [1.54, 1.807) is 22.8 Å². The number of nitrogens with zero attached hydrogens (tertiary/aromatic N) is 3. The highest BCUT2D eigenvalue weighted by molar-refractivity contribution is 7.89. The molecule has 9 heteroatoms. The number of H-pyrrole nitrogens is 1. The molecule has 1 aliphatic rings. The molecule has 1 N–H and O–H groups in total. The molecule has 154 valence electrons. The van der Waals surface area contributed by atoms with Crippen LogP contribution in [0.2, 0.25) is 0 Å². The van der Waals surface area contributed by atoms with Gasteiger partial charge in [-0.3, -0.25) is 10.1 Å². The Morgan fingerprint density at radius 1 is 1.28 bits per heavy atom. The number of sulfonamides is 1. The summed E-state index contributed by atoms with van der Waals surface area (Å²) in [7, 11) is -3.52. The van der Waals surface area contributed by atoms with Crippen molar-refractivity contribution < 1.29 is 13.2 Å². The largest absolute Gasteiger partial charge is 0.373 e. The number of pyridine rings is 1. The lowest BCUT2D eigenvalue weighted by atomic mass is 10.1. The fourth-order valence-electron chi connectivity index (χ4n) is 3.47. The summed E-state index contributed by atoms with van der Waals surface area (Å²) in [5.41, 5.74) is 2.75. The van der Waals surface area contributed by atoms with Crippen LogP contribution in [0.5, 0.6) is 0 Å². The van der Waals surface area contributed by atoms with E-state index in [0.717, 1.165) is 26.7 Å². The minimum Gasteiger partial charge on any atom is -0.373 e. The summed E-state index contributed by atoms with van der Waals surface area (Å²) in [6, 6.07) is 7.53. The van der Waals surface area contributed by atoms with E-state index in [1.807, 2.05) is 32.0 Å². The quantitative estimate of drug-likeness (QED) is 0.644. The Hall–Kier alpha value is -2.07. The zero-order valence-corrected chi connectivity index (χ0v) is 18.1. The van der Waals surface area contributed by atoms with Gasteiger partial charge in [0, 0.05) is 36.1 Å². The Bertz CT molecular complexity index is 1070. The van der Waals surface area contributed by atoms with Gasteiger partial charge in [-0.1, -0.05) is 6.07 Å². The second-order valence-electron chi connectivity index (χ2n) is 7.24. The number of hydrogen-bond donors (Lipinski definition) is 1. The maximum atomic E-state index is 13.2. The molecule has 4 rings (SSSR count). The summed E-state index contributed by atoms with van der Waals surface area (Å²) < 4.78 is 33.9. The van der Waals surface area contributed by atoms with Gasteiger partial charge in [0.1, 0.15) is 5.69 Å². The summed E-state index contributed by atoms with van der Waals surface area (Å²) >= 11 is 1.46. The van der Waals surface area contributed by atoms with Crippen molar-refractivity contribution in [2.45, 2.75) is 44.3 Å². The number of aryl methyl sites for hydroxylation is 2. The molecule has 7 nitrogen and oxygen atoms in total. The van der Waals surface area contributed by atoms with Crippen molar-refractivity contribution in [3.63, 3.8) is 0 Å². The fraction of sp³-hybridized carbons (Fsp3) is 0.400. The Labute approximate surface area is 174 Å². The third-order valence-electron chi connectivity index (χ3n) is 5.06. The summed E-state index contributed by atoms with van der Waals surface area (Å²) in [6.45, 7) is 5.21. The van der Waals surface area contributed by atoms with Gasteiger partial charge >= 0.3 is 0 Å². The second-order valence-corrected chi connectivity index (χ2v) is 10.4. The minimum atomic E-state index is -3.52. The van der Waals surface area contributed by atoms with E-state index in [-0.39, 0.29) is 6.10 Å². The number of ether oxygens (including phenoxy) is 1. The first-order valence-electron chi connectivity index (χ1n) is 9.57. The Morgan fingerprint density at radius 3 is 2.72 bits per heavy atom. The van der Waals surface area contributed by atoms with Crippen LogP contribution in [-0.4, -0.2) is 47.1 Å². The topological polar surface area (TPSA) is 88.2 Å². The highest BCUT2D eigenvalue weighted by Gasteiger charge is 2.32. The maximum absolute atomic E-state index is 13.2. The molecular weight excluding hydrogens is 408 g/mol. The first-order chi connectivity index (χ1) is 13.9. The number of aromatic amines is 1. The minimum absolute atomic E-state index is 0.0628. The first kappa shape index (κ1) is 20.2. The van der Waals surface area contributed by atoms with Crippen LogP contribution in [0, 0.1) is 13.8 Å². The van der Waals surface area contributed by atoms with Crippen molar-refractivity contribution in [2.24, 2.45) is 0 Å². The molecule has 0 saturated carbocycles. The van der Waals surface area contributed by atoms with Gasteiger partial charge in [-0.15, -0.1) is 11.3 Å². The Balaban J connectivity index is 1.41. The van der Waals surface area contributed by atoms with Crippen molar-refractivity contribution in [3.05, 3.63) is 52.8 Å². The lowest BCUT2D eigenvalue weighted by molar-refractivity contribution is 0.0101. The Kier molecular flexibility index (Phi) is 5.82. The first-order valence-corrected chi connectivity index (χ1v) is 11.8. The number of hydrogen-bond acceptors (Lipinski definition) is 6. The van der Waals surface area contributed by atoms with Crippen molar-refractivity contribution in [1.29, 1.82) is 0 Å². The zero-order valence-electron chi connectivity index (χ0n) is 16.5. The number of aromatic nitrogens is 3. The van der Waals surface area contributed by atoms with Crippen molar-refractivity contribution >= 4 is 21.4 Å². The molecular formula is C20H24N4O3S2. The molecule has 0 unspecified atom stereocenters. The SMILES string of the molecule is Cc1cc(-c2cc(S(=O)(=O)N3CCC(OCc4cccnc4)CC3)c(C)s2)n[nH]1. The number of piperidine rings is 1. The monoisotopic (exact) mass is 432 g/mol. The molecule has 0 aliphatic carbocycles. The van der Waals surface area contributed by atoms with Gasteiger partial charge in [0.05, 0.1) is 22.5 Å². The molecule has 1 saturated heterocycles. The van der Waals surface area contributed by atoms with Crippen molar-refractivity contribution in [2.75, 3.05) is 13.1 Å². The summed E-state index contributed by atoms with van der Waals surface area (Å²) in [5, 5.41) is 7.15. The van der Waals surface area contributed by atoms with Crippen molar-refractivity contribution in [1.82, 2.24) is 19.5 Å². The van der Waals surface area contributed by atoms with Crippen molar-refractivity contribution in [3.8, 4) is 10.6 Å². The average molecular weight is 433 g/mol. The standard InChI is InChI=1S/C20H24N4O3S2/c1-14-10-18(23-22-14)19-11-20(15(2)28-19)29(25,26)24-8-5-17(6-9-24)27-13-16-4-3-7-21-12-16/h3-4,7,10-12,17H,5-6,8-9,13H2,1-2H3,(H,22,23). The third kappa shape index (κ3) is 4.42. The lowest BCUT2D eigenvalue weighted by Crippen LogP contribution is -2.40. The Morgan fingerprint density at radius 2 is 2.07 bits per heavy atom. The highest BCUT2D eigenvalue weighted by atomic mass is 32.2. The molecule has 0 radical (unpaired) electrons. The molecule has 4 heterocycles. The molecule has 3 aromatic rings. The van der Waals surface area contributed by atoms with Gasteiger partial charge in [-0.2, -0.15) is 9.40 Å². The number of thiophene rings is 1. The van der Waals surface area contributed by atoms with Gasteiger partial charge in [0.25, 0.3) is 0 Å². The van der Waals surface area contributed by atoms with E-state index in [2.05, 4.69) is 15.2 Å². The van der Waals surface area contributed by atoms with E-state index in [1.165, 1.54) is 11.3 Å². The molecule has 1 fully saturated rings. The predicted octanol–water partition coefficient (Wildman–Crippen LogP) is 3.52. The summed E-state index contributed by atoms with van der Waals surface area (Å²) in [5.74, 6) is 0. The van der Waals surface area contributed by atoms with Crippen LogP contribution < -0.4 is 0 Å². The van der Waals surface area contributed by atoms with Crippen LogP contribution in [0.3, 0.4) is 0 Å². The van der Waals surface area contributed by atoms with Gasteiger partial charge in [0.15, 0.2) is 0 Å². The molecule has 1 aliphatic heterocycles.